The summed E-state index contributed by atoms with van der Waals surface area (Å²) in [4.78, 5) is 14.2. The number of carbonyl (C=O) groups excluding carboxylic acids is 1. The molecular formula is C15H21BrN2O2. The Bertz CT molecular complexity index is 499. The number of carbonyl (C=O) groups is 1. The Hall–Kier alpha value is -1.07. The molecule has 1 saturated carbocycles. The standard InChI is InChI=1S/C15H21BrN2O2/c1-18(14(19)15(17)7-3-4-8-15)10-11-9-12(16)5-6-13(11)20-2/h5-6,9H,3-4,7-8,10,17H2,1-2H3. The first-order valence-electron chi connectivity index (χ1n) is 6.83. The number of nitrogens with zero attached hydrogens (tertiary/aromatic N) is 1. The lowest BCUT2D eigenvalue weighted by Crippen LogP contribution is -2.52. The molecule has 1 aliphatic carbocycles. The molecule has 0 atom stereocenters. The maximum atomic E-state index is 12.5. The van der Waals surface area contributed by atoms with E-state index < -0.39 is 5.54 Å². The van der Waals surface area contributed by atoms with Crippen LogP contribution in [0.2, 0.25) is 0 Å². The van der Waals surface area contributed by atoms with Gasteiger partial charge in [-0.2, -0.15) is 0 Å². The number of amides is 1. The molecule has 0 saturated heterocycles. The van der Waals surface area contributed by atoms with E-state index in [0.717, 1.165) is 41.5 Å². The molecule has 0 aromatic heterocycles. The van der Waals surface area contributed by atoms with Crippen molar-refractivity contribution in [2.45, 2.75) is 37.8 Å². The molecule has 5 heteroatoms. The number of methoxy groups -OCH3 is 1. The fourth-order valence-electron chi connectivity index (χ4n) is 2.80. The van der Waals surface area contributed by atoms with Gasteiger partial charge in [0.05, 0.1) is 12.6 Å². The summed E-state index contributed by atoms with van der Waals surface area (Å²) in [5, 5.41) is 0. The van der Waals surface area contributed by atoms with Crippen LogP contribution in [0.25, 0.3) is 0 Å². The third-order valence-electron chi connectivity index (χ3n) is 3.92. The zero-order chi connectivity index (χ0) is 14.8. The van der Waals surface area contributed by atoms with Crippen molar-refractivity contribution >= 4 is 21.8 Å². The number of likely N-dealkylation sites (N-methyl/N-ethyl adjacent to an activating group) is 1. The van der Waals surface area contributed by atoms with E-state index in [1.54, 1.807) is 19.1 Å². The fourth-order valence-corrected chi connectivity index (χ4v) is 3.21. The molecule has 1 amide bonds. The first-order valence-corrected chi connectivity index (χ1v) is 7.62. The molecule has 2 N–H and O–H groups in total. The summed E-state index contributed by atoms with van der Waals surface area (Å²) >= 11 is 3.45. The Kier molecular flexibility index (Phi) is 4.70. The second-order valence-electron chi connectivity index (χ2n) is 5.48. The van der Waals surface area contributed by atoms with E-state index in [0.29, 0.717) is 6.54 Å². The second kappa shape index (κ2) is 6.14. The SMILES string of the molecule is COc1ccc(Br)cc1CN(C)C(=O)C1(N)CCCC1. The minimum absolute atomic E-state index is 0.0250. The molecule has 20 heavy (non-hydrogen) atoms. The summed E-state index contributed by atoms with van der Waals surface area (Å²) < 4.78 is 6.31. The van der Waals surface area contributed by atoms with E-state index in [-0.39, 0.29) is 5.91 Å². The molecular weight excluding hydrogens is 320 g/mol. The van der Waals surface area contributed by atoms with E-state index in [9.17, 15) is 4.79 Å². The van der Waals surface area contributed by atoms with Crippen LogP contribution in [0.4, 0.5) is 0 Å². The van der Waals surface area contributed by atoms with Gasteiger partial charge in [-0.05, 0) is 31.0 Å². The summed E-state index contributed by atoms with van der Waals surface area (Å²) in [5.41, 5.74) is 6.52. The van der Waals surface area contributed by atoms with Crippen molar-refractivity contribution in [1.29, 1.82) is 0 Å². The van der Waals surface area contributed by atoms with Gasteiger partial charge in [0.15, 0.2) is 0 Å². The number of hydrogen-bond acceptors (Lipinski definition) is 3. The van der Waals surface area contributed by atoms with Gasteiger partial charge in [0, 0.05) is 23.6 Å². The molecule has 1 aromatic carbocycles. The lowest BCUT2D eigenvalue weighted by molar-refractivity contribution is -0.136. The fraction of sp³-hybridized carbons (Fsp3) is 0.533. The normalized spacial score (nSPS) is 17.0. The average Bonchev–Trinajstić information content (AvgIpc) is 2.86. The monoisotopic (exact) mass is 340 g/mol. The van der Waals surface area contributed by atoms with Crippen LogP contribution in [0.15, 0.2) is 22.7 Å². The van der Waals surface area contributed by atoms with E-state index in [2.05, 4.69) is 15.9 Å². The summed E-state index contributed by atoms with van der Waals surface area (Å²) in [6.07, 6.45) is 3.64. The van der Waals surface area contributed by atoms with Crippen molar-refractivity contribution in [1.82, 2.24) is 4.90 Å². The van der Waals surface area contributed by atoms with Crippen molar-refractivity contribution in [2.24, 2.45) is 5.73 Å². The molecule has 0 heterocycles. The van der Waals surface area contributed by atoms with Crippen LogP contribution in [-0.2, 0) is 11.3 Å². The number of rotatable bonds is 4. The molecule has 1 fully saturated rings. The molecule has 110 valence electrons. The highest BCUT2D eigenvalue weighted by molar-refractivity contribution is 9.10. The minimum atomic E-state index is -0.673. The molecule has 0 spiro atoms. The molecule has 0 bridgehead atoms. The lowest BCUT2D eigenvalue weighted by atomic mass is 9.97. The van der Waals surface area contributed by atoms with E-state index in [1.165, 1.54) is 0 Å². The van der Waals surface area contributed by atoms with Crippen molar-refractivity contribution in [2.75, 3.05) is 14.2 Å². The Morgan fingerprint density at radius 1 is 1.45 bits per heavy atom. The Morgan fingerprint density at radius 3 is 2.70 bits per heavy atom. The smallest absolute Gasteiger partial charge is 0.242 e. The quantitative estimate of drug-likeness (QED) is 0.916. The minimum Gasteiger partial charge on any atom is -0.496 e. The van der Waals surface area contributed by atoms with Gasteiger partial charge in [-0.15, -0.1) is 0 Å². The van der Waals surface area contributed by atoms with Crippen LogP contribution < -0.4 is 10.5 Å². The molecule has 2 rings (SSSR count). The predicted octanol–water partition coefficient (Wildman–Crippen LogP) is 2.69. The maximum absolute atomic E-state index is 12.5. The van der Waals surface area contributed by atoms with Crippen LogP contribution in [0.5, 0.6) is 5.75 Å². The molecule has 4 nitrogen and oxygen atoms in total. The van der Waals surface area contributed by atoms with Crippen LogP contribution in [0.1, 0.15) is 31.2 Å². The van der Waals surface area contributed by atoms with Crippen molar-refractivity contribution < 1.29 is 9.53 Å². The summed E-state index contributed by atoms with van der Waals surface area (Å²) in [5.74, 6) is 0.808. The Labute approximate surface area is 128 Å². The highest BCUT2D eigenvalue weighted by atomic mass is 79.9. The van der Waals surface area contributed by atoms with Crippen molar-refractivity contribution in [3.63, 3.8) is 0 Å². The van der Waals surface area contributed by atoms with Gasteiger partial charge in [-0.25, -0.2) is 0 Å². The van der Waals surface area contributed by atoms with Gasteiger partial charge in [0.1, 0.15) is 5.75 Å². The first-order chi connectivity index (χ1) is 9.46. The molecule has 0 radical (unpaired) electrons. The van der Waals surface area contributed by atoms with Crippen LogP contribution in [-0.4, -0.2) is 30.5 Å². The Balaban J connectivity index is 2.13. The Morgan fingerprint density at radius 2 is 2.10 bits per heavy atom. The van der Waals surface area contributed by atoms with Crippen LogP contribution in [0, 0.1) is 0 Å². The maximum Gasteiger partial charge on any atom is 0.242 e. The topological polar surface area (TPSA) is 55.6 Å². The summed E-state index contributed by atoms with van der Waals surface area (Å²) in [6, 6.07) is 5.79. The number of hydrogen-bond donors (Lipinski definition) is 1. The molecule has 1 aromatic rings. The van der Waals surface area contributed by atoms with E-state index in [4.69, 9.17) is 10.5 Å². The van der Waals surface area contributed by atoms with Crippen LogP contribution >= 0.6 is 15.9 Å². The van der Waals surface area contributed by atoms with Crippen molar-refractivity contribution in [3.8, 4) is 5.75 Å². The number of benzene rings is 1. The summed E-state index contributed by atoms with van der Waals surface area (Å²) in [6.45, 7) is 0.500. The van der Waals surface area contributed by atoms with Gasteiger partial charge in [-0.3, -0.25) is 4.79 Å². The van der Waals surface area contributed by atoms with E-state index >= 15 is 0 Å². The lowest BCUT2D eigenvalue weighted by Gasteiger charge is -2.29. The zero-order valence-corrected chi connectivity index (χ0v) is 13.6. The third kappa shape index (κ3) is 3.15. The number of nitrogens with two attached hydrogens (primary N) is 1. The largest absolute Gasteiger partial charge is 0.496 e. The van der Waals surface area contributed by atoms with E-state index in [1.807, 2.05) is 18.2 Å². The highest BCUT2D eigenvalue weighted by Gasteiger charge is 2.38. The zero-order valence-electron chi connectivity index (χ0n) is 12.0. The highest BCUT2D eigenvalue weighted by Crippen LogP contribution is 2.30. The van der Waals surface area contributed by atoms with Gasteiger partial charge >= 0.3 is 0 Å². The second-order valence-corrected chi connectivity index (χ2v) is 6.40. The van der Waals surface area contributed by atoms with Gasteiger partial charge in [0.25, 0.3) is 0 Å². The number of ether oxygens (including phenoxy) is 1. The van der Waals surface area contributed by atoms with Crippen LogP contribution in [0.3, 0.4) is 0 Å². The van der Waals surface area contributed by atoms with Gasteiger partial charge in [-0.1, -0.05) is 28.8 Å². The molecule has 0 unspecified atom stereocenters. The third-order valence-corrected chi connectivity index (χ3v) is 4.41. The number of halogens is 1. The molecule has 1 aliphatic rings. The first kappa shape index (κ1) is 15.3. The summed E-state index contributed by atoms with van der Waals surface area (Å²) in [7, 11) is 3.44. The van der Waals surface area contributed by atoms with Crippen molar-refractivity contribution in [3.05, 3.63) is 28.2 Å². The average molecular weight is 341 g/mol. The molecule has 0 aliphatic heterocycles. The van der Waals surface area contributed by atoms with Gasteiger partial charge in [0.2, 0.25) is 5.91 Å². The predicted molar refractivity (Wildman–Crippen MR) is 82.6 cm³/mol. The van der Waals surface area contributed by atoms with Gasteiger partial charge < -0.3 is 15.4 Å².